The molecule has 0 bridgehead atoms. The van der Waals surface area contributed by atoms with Gasteiger partial charge < -0.3 is 10.0 Å². The van der Waals surface area contributed by atoms with Crippen LogP contribution in [0, 0.1) is 5.82 Å². The van der Waals surface area contributed by atoms with E-state index in [1.807, 2.05) is 0 Å². The molecule has 0 aliphatic heterocycles. The Bertz CT molecular complexity index is 457. The van der Waals surface area contributed by atoms with Crippen molar-refractivity contribution in [2.75, 3.05) is 6.61 Å². The molecule has 0 aromatic heterocycles. The SMILES string of the molecule is O=C(CCCCO)N(Cc1c(F)cccc1Cl)C1CC1. The van der Waals surface area contributed by atoms with Crippen LogP contribution in [0.3, 0.4) is 0 Å². The van der Waals surface area contributed by atoms with E-state index in [9.17, 15) is 9.18 Å². The lowest BCUT2D eigenvalue weighted by molar-refractivity contribution is -0.132. The standard InChI is InChI=1S/C15H19ClFNO2/c16-13-4-3-5-14(17)12(13)10-18(11-7-8-11)15(20)6-1-2-9-19/h3-5,11,19H,1-2,6-10H2. The summed E-state index contributed by atoms with van der Waals surface area (Å²) in [6, 6.07) is 4.78. The number of hydrogen-bond donors (Lipinski definition) is 1. The van der Waals surface area contributed by atoms with Gasteiger partial charge in [-0.25, -0.2) is 4.39 Å². The fraction of sp³-hybridized carbons (Fsp3) is 0.533. The second-order valence-electron chi connectivity index (χ2n) is 5.13. The van der Waals surface area contributed by atoms with Gasteiger partial charge in [0.1, 0.15) is 5.82 Å². The summed E-state index contributed by atoms with van der Waals surface area (Å²) in [4.78, 5) is 13.9. The Morgan fingerprint density at radius 3 is 2.75 bits per heavy atom. The van der Waals surface area contributed by atoms with Crippen LogP contribution in [0.5, 0.6) is 0 Å². The second kappa shape index (κ2) is 7.04. The van der Waals surface area contributed by atoms with Crippen LogP contribution in [0.1, 0.15) is 37.7 Å². The van der Waals surface area contributed by atoms with Gasteiger partial charge in [-0.15, -0.1) is 0 Å². The Balaban J connectivity index is 2.04. The second-order valence-corrected chi connectivity index (χ2v) is 5.54. The molecule has 20 heavy (non-hydrogen) atoms. The van der Waals surface area contributed by atoms with Crippen molar-refractivity contribution in [1.29, 1.82) is 0 Å². The van der Waals surface area contributed by atoms with Crippen LogP contribution in [0.15, 0.2) is 18.2 Å². The van der Waals surface area contributed by atoms with Crippen LogP contribution in [0.25, 0.3) is 0 Å². The molecule has 1 fully saturated rings. The van der Waals surface area contributed by atoms with Crippen molar-refractivity contribution in [2.24, 2.45) is 0 Å². The Kier molecular flexibility index (Phi) is 5.38. The van der Waals surface area contributed by atoms with Crippen LogP contribution in [-0.2, 0) is 11.3 Å². The highest BCUT2D eigenvalue weighted by atomic mass is 35.5. The highest BCUT2D eigenvalue weighted by molar-refractivity contribution is 6.31. The number of hydrogen-bond acceptors (Lipinski definition) is 2. The molecule has 1 aromatic rings. The van der Waals surface area contributed by atoms with Gasteiger partial charge in [-0.05, 0) is 37.8 Å². The van der Waals surface area contributed by atoms with Crippen molar-refractivity contribution in [2.45, 2.75) is 44.7 Å². The first-order chi connectivity index (χ1) is 9.63. The number of halogens is 2. The van der Waals surface area contributed by atoms with Gasteiger partial charge in [-0.1, -0.05) is 17.7 Å². The number of aliphatic hydroxyl groups excluding tert-OH is 1. The summed E-state index contributed by atoms with van der Waals surface area (Å²) >= 11 is 6.02. The van der Waals surface area contributed by atoms with Crippen molar-refractivity contribution < 1.29 is 14.3 Å². The third kappa shape index (κ3) is 3.93. The molecule has 0 saturated heterocycles. The van der Waals surface area contributed by atoms with Crippen molar-refractivity contribution in [1.82, 2.24) is 4.90 Å². The Labute approximate surface area is 123 Å². The normalized spacial score (nSPS) is 14.3. The number of amides is 1. The number of carbonyl (C=O) groups is 1. The molecule has 1 N–H and O–H groups in total. The molecule has 1 saturated carbocycles. The van der Waals surface area contributed by atoms with Crippen LogP contribution in [0.2, 0.25) is 5.02 Å². The van der Waals surface area contributed by atoms with E-state index in [0.717, 1.165) is 12.8 Å². The highest BCUT2D eigenvalue weighted by Gasteiger charge is 2.33. The van der Waals surface area contributed by atoms with E-state index in [4.69, 9.17) is 16.7 Å². The quantitative estimate of drug-likeness (QED) is 0.786. The molecular weight excluding hydrogens is 281 g/mol. The molecule has 0 radical (unpaired) electrons. The summed E-state index contributed by atoms with van der Waals surface area (Å²) in [5.41, 5.74) is 0.386. The van der Waals surface area contributed by atoms with E-state index in [1.54, 1.807) is 17.0 Å². The maximum Gasteiger partial charge on any atom is 0.223 e. The molecule has 0 heterocycles. The minimum atomic E-state index is -0.369. The molecule has 1 aliphatic rings. The van der Waals surface area contributed by atoms with Crippen LogP contribution in [-0.4, -0.2) is 28.6 Å². The van der Waals surface area contributed by atoms with Gasteiger partial charge in [-0.3, -0.25) is 4.79 Å². The number of nitrogens with zero attached hydrogens (tertiary/aromatic N) is 1. The van der Waals surface area contributed by atoms with E-state index in [1.165, 1.54) is 6.07 Å². The summed E-state index contributed by atoms with van der Waals surface area (Å²) in [6.07, 6.45) is 3.60. The lowest BCUT2D eigenvalue weighted by Crippen LogP contribution is -2.32. The third-order valence-corrected chi connectivity index (χ3v) is 3.85. The molecule has 110 valence electrons. The van der Waals surface area contributed by atoms with E-state index in [0.29, 0.717) is 29.8 Å². The average Bonchev–Trinajstić information content (AvgIpc) is 3.23. The molecule has 1 aliphatic carbocycles. The molecule has 0 spiro atoms. The van der Waals surface area contributed by atoms with Crippen molar-refractivity contribution in [3.63, 3.8) is 0 Å². The number of unbranched alkanes of at least 4 members (excludes halogenated alkanes) is 1. The lowest BCUT2D eigenvalue weighted by Gasteiger charge is -2.23. The fourth-order valence-corrected chi connectivity index (χ4v) is 2.42. The molecule has 1 amide bonds. The highest BCUT2D eigenvalue weighted by Crippen LogP contribution is 2.31. The number of benzene rings is 1. The zero-order valence-corrected chi connectivity index (χ0v) is 12.1. The van der Waals surface area contributed by atoms with E-state index < -0.39 is 0 Å². The molecule has 0 atom stereocenters. The predicted octanol–water partition coefficient (Wildman–Crippen LogP) is 3.13. The zero-order chi connectivity index (χ0) is 14.5. The zero-order valence-electron chi connectivity index (χ0n) is 11.3. The molecule has 5 heteroatoms. The minimum absolute atomic E-state index is 0.0141. The van der Waals surface area contributed by atoms with E-state index >= 15 is 0 Å². The van der Waals surface area contributed by atoms with Crippen molar-refractivity contribution >= 4 is 17.5 Å². The number of aliphatic hydroxyl groups is 1. The van der Waals surface area contributed by atoms with Gasteiger partial charge in [0.05, 0.1) is 6.54 Å². The first-order valence-corrected chi connectivity index (χ1v) is 7.34. The Morgan fingerprint density at radius 2 is 2.15 bits per heavy atom. The monoisotopic (exact) mass is 299 g/mol. The van der Waals surface area contributed by atoms with Gasteiger partial charge in [0.15, 0.2) is 0 Å². The first-order valence-electron chi connectivity index (χ1n) is 6.96. The maximum absolute atomic E-state index is 13.8. The van der Waals surface area contributed by atoms with Crippen LogP contribution in [0.4, 0.5) is 4.39 Å². The summed E-state index contributed by atoms with van der Waals surface area (Å²) < 4.78 is 13.8. The third-order valence-electron chi connectivity index (χ3n) is 3.50. The van der Waals surface area contributed by atoms with Crippen molar-refractivity contribution in [3.05, 3.63) is 34.6 Å². The predicted molar refractivity (Wildman–Crippen MR) is 75.9 cm³/mol. The van der Waals surface area contributed by atoms with Crippen molar-refractivity contribution in [3.8, 4) is 0 Å². The molecule has 0 unspecified atom stereocenters. The van der Waals surface area contributed by atoms with Gasteiger partial charge in [0, 0.05) is 29.7 Å². The van der Waals surface area contributed by atoms with E-state index in [-0.39, 0.29) is 30.9 Å². The first kappa shape index (κ1) is 15.3. The topological polar surface area (TPSA) is 40.5 Å². The summed E-state index contributed by atoms with van der Waals surface area (Å²) in [5, 5.41) is 9.12. The fourth-order valence-electron chi connectivity index (χ4n) is 2.19. The average molecular weight is 300 g/mol. The molecule has 3 nitrogen and oxygen atoms in total. The lowest BCUT2D eigenvalue weighted by atomic mass is 10.1. The Hall–Kier alpha value is -1.13. The largest absolute Gasteiger partial charge is 0.396 e. The number of rotatable bonds is 7. The molecule has 1 aromatic carbocycles. The Morgan fingerprint density at radius 1 is 1.40 bits per heavy atom. The van der Waals surface area contributed by atoms with E-state index in [2.05, 4.69) is 0 Å². The van der Waals surface area contributed by atoms with Crippen LogP contribution < -0.4 is 0 Å². The van der Waals surface area contributed by atoms with Gasteiger partial charge in [0.2, 0.25) is 5.91 Å². The maximum atomic E-state index is 13.8. The summed E-state index contributed by atoms with van der Waals surface area (Å²) in [6.45, 7) is 0.323. The summed E-state index contributed by atoms with van der Waals surface area (Å²) in [5.74, 6) is -0.355. The van der Waals surface area contributed by atoms with Gasteiger partial charge in [0.25, 0.3) is 0 Å². The van der Waals surface area contributed by atoms with Gasteiger partial charge in [-0.2, -0.15) is 0 Å². The minimum Gasteiger partial charge on any atom is -0.396 e. The van der Waals surface area contributed by atoms with Gasteiger partial charge >= 0.3 is 0 Å². The number of carbonyl (C=O) groups excluding carboxylic acids is 1. The molecular formula is C15H19ClFNO2. The summed E-state index contributed by atoms with van der Waals surface area (Å²) in [7, 11) is 0. The van der Waals surface area contributed by atoms with Crippen LogP contribution >= 0.6 is 11.6 Å². The molecule has 2 rings (SSSR count). The smallest absolute Gasteiger partial charge is 0.223 e.